The second-order valence-corrected chi connectivity index (χ2v) is 2.17. The third-order valence-electron chi connectivity index (χ3n) is 1.61. The largest absolute Gasteiger partial charge is 0.396 e. The zero-order valence-electron chi connectivity index (χ0n) is 4.71. The summed E-state index contributed by atoms with van der Waals surface area (Å²) in [4.78, 5) is 0. The highest BCUT2D eigenvalue weighted by Crippen LogP contribution is 2.36. The first-order chi connectivity index (χ1) is 3.38. The minimum Gasteiger partial charge on any atom is -0.396 e. The van der Waals surface area contributed by atoms with E-state index in [1.54, 1.807) is 0 Å². The number of halogens is 1. The fraction of sp³-hybridized carbons (Fsp3) is 1.00. The molecule has 0 spiro atoms. The zero-order valence-corrected chi connectivity index (χ0v) is 5.53. The Bertz CT molecular complexity index is 61.4. The average molecular weight is 138 g/mol. The lowest BCUT2D eigenvalue weighted by molar-refractivity contribution is 0.269. The molecule has 0 unspecified atom stereocenters. The lowest BCUT2D eigenvalue weighted by Crippen LogP contribution is -2.03. The van der Waals surface area contributed by atoms with Gasteiger partial charge in [0.05, 0.1) is 0 Å². The van der Waals surface area contributed by atoms with Crippen LogP contribution in [0.3, 0.4) is 0 Å². The van der Waals surface area contributed by atoms with Crippen LogP contribution >= 0.6 is 12.4 Å². The maximum Gasteiger partial charge on any atom is 0.0462 e. The average Bonchev–Trinajstić information content (AvgIpc) is 2.43. The molecule has 3 heteroatoms. The monoisotopic (exact) mass is 137 g/mol. The van der Waals surface area contributed by atoms with E-state index < -0.39 is 0 Å². The molecule has 0 aromatic carbocycles. The zero-order chi connectivity index (χ0) is 5.28. The summed E-state index contributed by atoms with van der Waals surface area (Å²) in [5, 5.41) is 8.45. The Balaban J connectivity index is 0.000000490. The molecule has 0 aromatic rings. The molecule has 1 rings (SSSR count). The first-order valence-electron chi connectivity index (χ1n) is 2.69. The van der Waals surface area contributed by atoms with Gasteiger partial charge >= 0.3 is 0 Å². The van der Waals surface area contributed by atoms with Gasteiger partial charge in [0.2, 0.25) is 0 Å². The van der Waals surface area contributed by atoms with Crippen molar-refractivity contribution < 1.29 is 5.11 Å². The van der Waals surface area contributed by atoms with Crippen molar-refractivity contribution >= 4 is 12.4 Å². The molecule has 50 valence electrons. The first-order valence-corrected chi connectivity index (χ1v) is 2.69. The molecule has 0 aliphatic heterocycles. The fourth-order valence-electron chi connectivity index (χ4n) is 0.823. The number of nitrogens with two attached hydrogens (primary N) is 1. The highest BCUT2D eigenvalue weighted by atomic mass is 35.5. The van der Waals surface area contributed by atoms with Gasteiger partial charge in [-0.25, -0.2) is 0 Å². The quantitative estimate of drug-likeness (QED) is 0.563. The van der Waals surface area contributed by atoms with E-state index in [0.29, 0.717) is 18.4 Å². The number of hydrogen-bond acceptors (Lipinski definition) is 2. The van der Waals surface area contributed by atoms with Gasteiger partial charge in [-0.1, -0.05) is 0 Å². The van der Waals surface area contributed by atoms with Crippen LogP contribution in [-0.4, -0.2) is 18.3 Å². The van der Waals surface area contributed by atoms with Crippen molar-refractivity contribution in [2.75, 3.05) is 13.2 Å². The Morgan fingerprint density at radius 2 is 2.12 bits per heavy atom. The van der Waals surface area contributed by atoms with E-state index in [2.05, 4.69) is 0 Å². The van der Waals surface area contributed by atoms with Crippen LogP contribution in [0.2, 0.25) is 0 Å². The predicted molar refractivity (Wildman–Crippen MR) is 35.0 cm³/mol. The topological polar surface area (TPSA) is 46.2 Å². The van der Waals surface area contributed by atoms with Gasteiger partial charge < -0.3 is 10.8 Å². The van der Waals surface area contributed by atoms with Crippen molar-refractivity contribution in [2.45, 2.75) is 6.42 Å². The molecule has 1 saturated carbocycles. The Morgan fingerprint density at radius 3 is 2.25 bits per heavy atom. The maximum atomic E-state index is 8.45. The number of aliphatic hydroxyl groups is 1. The van der Waals surface area contributed by atoms with E-state index in [-0.39, 0.29) is 12.4 Å². The first kappa shape index (κ1) is 8.21. The normalized spacial score (nSPS) is 33.8. The van der Waals surface area contributed by atoms with Crippen LogP contribution in [0, 0.1) is 11.8 Å². The van der Waals surface area contributed by atoms with Crippen LogP contribution in [0.1, 0.15) is 6.42 Å². The molecule has 0 amide bonds. The predicted octanol–water partition coefficient (Wildman–Crippen LogP) is -0.00470. The van der Waals surface area contributed by atoms with E-state index >= 15 is 0 Å². The molecule has 0 aromatic heterocycles. The van der Waals surface area contributed by atoms with E-state index in [1.165, 1.54) is 0 Å². The molecule has 0 radical (unpaired) electrons. The summed E-state index contributed by atoms with van der Waals surface area (Å²) in [6.45, 7) is 1.09. The minimum atomic E-state index is 0. The lowest BCUT2D eigenvalue weighted by Gasteiger charge is -1.85. The highest BCUT2D eigenvalue weighted by Gasteiger charge is 2.34. The summed E-state index contributed by atoms with van der Waals surface area (Å²) >= 11 is 0. The second kappa shape index (κ2) is 3.28. The van der Waals surface area contributed by atoms with Crippen molar-refractivity contribution in [2.24, 2.45) is 17.6 Å². The van der Waals surface area contributed by atoms with E-state index in [0.717, 1.165) is 13.0 Å². The number of hydrogen-bond donors (Lipinski definition) is 2. The van der Waals surface area contributed by atoms with Crippen molar-refractivity contribution in [3.8, 4) is 0 Å². The molecule has 1 aliphatic carbocycles. The maximum absolute atomic E-state index is 8.45. The molecule has 3 N–H and O–H groups in total. The molecule has 0 heterocycles. The van der Waals surface area contributed by atoms with Gasteiger partial charge in [0, 0.05) is 6.61 Å². The number of aliphatic hydroxyl groups excluding tert-OH is 1. The molecule has 0 saturated heterocycles. The van der Waals surface area contributed by atoms with Crippen molar-refractivity contribution in [3.63, 3.8) is 0 Å². The number of rotatable bonds is 2. The van der Waals surface area contributed by atoms with Crippen molar-refractivity contribution in [1.29, 1.82) is 0 Å². The molecule has 0 bridgehead atoms. The van der Waals surface area contributed by atoms with Crippen LogP contribution in [0.5, 0.6) is 0 Å². The van der Waals surface area contributed by atoms with Crippen LogP contribution in [0.15, 0.2) is 0 Å². The molecule has 1 fully saturated rings. The van der Waals surface area contributed by atoms with E-state index in [9.17, 15) is 0 Å². The van der Waals surface area contributed by atoms with Crippen LogP contribution in [0.25, 0.3) is 0 Å². The summed E-state index contributed by atoms with van der Waals surface area (Å²) in [5.74, 6) is 1.19. The molecule has 2 atom stereocenters. The third-order valence-corrected chi connectivity index (χ3v) is 1.61. The van der Waals surface area contributed by atoms with Gasteiger partial charge in [0.25, 0.3) is 0 Å². The molecular formula is C5H12ClNO. The summed E-state index contributed by atoms with van der Waals surface area (Å²) in [7, 11) is 0. The standard InChI is InChI=1S/C5H11NO.ClH/c6-2-4-1-5(4)3-7;/h4-5,7H,1-3,6H2;1H/t4-,5+;/m0./s1. The van der Waals surface area contributed by atoms with Gasteiger partial charge in [0.1, 0.15) is 0 Å². The Morgan fingerprint density at radius 1 is 1.50 bits per heavy atom. The molecule has 1 aliphatic rings. The van der Waals surface area contributed by atoms with Crippen molar-refractivity contribution in [1.82, 2.24) is 0 Å². The fourth-order valence-corrected chi connectivity index (χ4v) is 0.823. The van der Waals surface area contributed by atoms with Gasteiger partial charge in [-0.2, -0.15) is 0 Å². The smallest absolute Gasteiger partial charge is 0.0462 e. The summed E-state index contributed by atoms with van der Waals surface area (Å²) in [6.07, 6.45) is 1.15. The Labute approximate surface area is 55.5 Å². The summed E-state index contributed by atoms with van der Waals surface area (Å²) < 4.78 is 0. The van der Waals surface area contributed by atoms with Gasteiger partial charge in [-0.05, 0) is 24.8 Å². The summed E-state index contributed by atoms with van der Waals surface area (Å²) in [6, 6.07) is 0. The molecule has 8 heavy (non-hydrogen) atoms. The second-order valence-electron chi connectivity index (χ2n) is 2.17. The highest BCUT2D eigenvalue weighted by molar-refractivity contribution is 5.85. The Hall–Kier alpha value is 0.210. The third kappa shape index (κ3) is 1.62. The SMILES string of the molecule is Cl.NC[C@@H]1C[C@@H]1CO. The minimum absolute atomic E-state index is 0. The van der Waals surface area contributed by atoms with Gasteiger partial charge in [0.15, 0.2) is 0 Å². The Kier molecular flexibility index (Phi) is 3.36. The molecule has 2 nitrogen and oxygen atoms in total. The van der Waals surface area contributed by atoms with Crippen LogP contribution < -0.4 is 5.73 Å². The summed E-state index contributed by atoms with van der Waals surface area (Å²) in [5.41, 5.74) is 5.29. The van der Waals surface area contributed by atoms with Gasteiger partial charge in [-0.3, -0.25) is 0 Å². The van der Waals surface area contributed by atoms with E-state index in [1.807, 2.05) is 0 Å². The van der Waals surface area contributed by atoms with E-state index in [4.69, 9.17) is 10.8 Å². The molecular weight excluding hydrogens is 126 g/mol. The van der Waals surface area contributed by atoms with Crippen LogP contribution in [-0.2, 0) is 0 Å². The lowest BCUT2D eigenvalue weighted by atomic mass is 10.3. The van der Waals surface area contributed by atoms with Crippen molar-refractivity contribution in [3.05, 3.63) is 0 Å². The van der Waals surface area contributed by atoms with Crippen LogP contribution in [0.4, 0.5) is 0 Å². The van der Waals surface area contributed by atoms with Gasteiger partial charge in [-0.15, -0.1) is 12.4 Å².